The molecule has 0 aliphatic rings. The second-order valence-electron chi connectivity index (χ2n) is 8.43. The number of nitrogen functional groups attached to an aromatic ring is 1. The van der Waals surface area contributed by atoms with Crippen molar-refractivity contribution in [1.29, 1.82) is 0 Å². The van der Waals surface area contributed by atoms with Gasteiger partial charge in [-0.15, -0.1) is 0 Å². The molecule has 1 unspecified atom stereocenters. The van der Waals surface area contributed by atoms with Gasteiger partial charge in [-0.3, -0.25) is 9.59 Å². The molecule has 0 saturated carbocycles. The summed E-state index contributed by atoms with van der Waals surface area (Å²) < 4.78 is 20.6. The van der Waals surface area contributed by atoms with Gasteiger partial charge in [-0.25, -0.2) is 9.37 Å². The van der Waals surface area contributed by atoms with E-state index in [0.717, 1.165) is 16.3 Å². The first-order valence-corrected chi connectivity index (χ1v) is 11.8. The Morgan fingerprint density at radius 3 is 2.68 bits per heavy atom. The van der Waals surface area contributed by atoms with Crippen LogP contribution in [0.25, 0.3) is 10.8 Å². The highest BCUT2D eigenvalue weighted by molar-refractivity contribution is 5.94. The van der Waals surface area contributed by atoms with Gasteiger partial charge in [0.05, 0.1) is 6.61 Å². The number of halogens is 1. The number of pyridine rings is 1. The van der Waals surface area contributed by atoms with Crippen LogP contribution in [-0.4, -0.2) is 23.4 Å². The molecule has 0 radical (unpaired) electrons. The van der Waals surface area contributed by atoms with E-state index in [1.165, 1.54) is 25.1 Å². The van der Waals surface area contributed by atoms with Gasteiger partial charge in [0.25, 0.3) is 0 Å². The first kappa shape index (κ1) is 25.4. The van der Waals surface area contributed by atoms with E-state index in [4.69, 9.17) is 10.5 Å². The molecule has 37 heavy (non-hydrogen) atoms. The van der Waals surface area contributed by atoms with Gasteiger partial charge in [-0.2, -0.15) is 0 Å². The number of carbonyl (C=O) groups is 2. The van der Waals surface area contributed by atoms with E-state index < -0.39 is 17.8 Å². The molecule has 0 aliphatic heterocycles. The molecule has 8 nitrogen and oxygen atoms in total. The van der Waals surface area contributed by atoms with Gasteiger partial charge in [-0.05, 0) is 72.5 Å². The average molecular weight is 502 g/mol. The third kappa shape index (κ3) is 6.32. The van der Waals surface area contributed by atoms with Gasteiger partial charge < -0.3 is 26.4 Å². The van der Waals surface area contributed by atoms with E-state index in [1.54, 1.807) is 36.5 Å². The lowest BCUT2D eigenvalue weighted by Gasteiger charge is -2.22. The van der Waals surface area contributed by atoms with Gasteiger partial charge in [0.1, 0.15) is 23.4 Å². The summed E-state index contributed by atoms with van der Waals surface area (Å²) >= 11 is 0. The lowest BCUT2D eigenvalue weighted by molar-refractivity contribution is -0.122. The number of hydrogen-bond donors (Lipinski definition) is 4. The highest BCUT2D eigenvalue weighted by atomic mass is 19.1. The van der Waals surface area contributed by atoms with Crippen LogP contribution in [0.3, 0.4) is 0 Å². The molecule has 4 aromatic rings. The first-order chi connectivity index (χ1) is 17.8. The van der Waals surface area contributed by atoms with Gasteiger partial charge in [-0.1, -0.05) is 12.1 Å². The number of benzene rings is 3. The van der Waals surface area contributed by atoms with Gasteiger partial charge in [0, 0.05) is 42.0 Å². The highest BCUT2D eigenvalue weighted by Crippen LogP contribution is 2.29. The van der Waals surface area contributed by atoms with Crippen LogP contribution in [-0.2, 0) is 16.1 Å². The number of fused-ring (bicyclic) bond motifs is 1. The van der Waals surface area contributed by atoms with Crippen LogP contribution in [0.2, 0.25) is 0 Å². The van der Waals surface area contributed by atoms with Crippen molar-refractivity contribution in [2.45, 2.75) is 26.4 Å². The molecule has 190 valence electrons. The summed E-state index contributed by atoms with van der Waals surface area (Å²) in [5, 5.41) is 10.4. The van der Waals surface area contributed by atoms with Crippen molar-refractivity contribution < 1.29 is 18.7 Å². The van der Waals surface area contributed by atoms with Crippen LogP contribution in [0, 0.1) is 5.82 Å². The number of rotatable bonds is 9. The van der Waals surface area contributed by atoms with Crippen LogP contribution in [0.4, 0.5) is 21.6 Å². The number of nitrogens with one attached hydrogen (secondary N) is 3. The molecule has 4 rings (SSSR count). The summed E-state index contributed by atoms with van der Waals surface area (Å²) in [7, 11) is 0. The van der Waals surface area contributed by atoms with E-state index in [-0.39, 0.29) is 18.0 Å². The summed E-state index contributed by atoms with van der Waals surface area (Å²) in [6, 6.07) is 17.6. The first-order valence-electron chi connectivity index (χ1n) is 11.8. The minimum Gasteiger partial charge on any atom is -0.494 e. The monoisotopic (exact) mass is 501 g/mol. The Balaban J connectivity index is 1.63. The quantitative estimate of drug-likeness (QED) is 0.262. The summed E-state index contributed by atoms with van der Waals surface area (Å²) in [6.45, 7) is 3.83. The maximum Gasteiger partial charge on any atom is 0.247 e. The largest absolute Gasteiger partial charge is 0.494 e. The fourth-order valence-electron chi connectivity index (χ4n) is 4.00. The maximum absolute atomic E-state index is 15.0. The number of hydrogen-bond acceptors (Lipinski definition) is 6. The third-order valence-corrected chi connectivity index (χ3v) is 5.67. The molecule has 3 aromatic carbocycles. The Morgan fingerprint density at radius 1 is 1.05 bits per heavy atom. The van der Waals surface area contributed by atoms with Gasteiger partial charge >= 0.3 is 0 Å². The van der Waals surface area contributed by atoms with E-state index in [2.05, 4.69) is 20.9 Å². The van der Waals surface area contributed by atoms with Crippen LogP contribution >= 0.6 is 0 Å². The maximum atomic E-state index is 15.0. The fraction of sp³-hybridized carbons (Fsp3) is 0.179. The molecule has 5 N–H and O–H groups in total. The normalized spacial score (nSPS) is 11.5. The zero-order chi connectivity index (χ0) is 26.4. The summed E-state index contributed by atoms with van der Waals surface area (Å²) in [5.74, 6) is -0.318. The smallest absolute Gasteiger partial charge is 0.247 e. The minimum absolute atomic E-state index is 0.143. The number of amides is 2. The van der Waals surface area contributed by atoms with Crippen molar-refractivity contribution in [2.24, 2.45) is 0 Å². The van der Waals surface area contributed by atoms with Crippen LogP contribution in [0.5, 0.6) is 5.75 Å². The number of aromatic nitrogens is 1. The Labute approximate surface area is 214 Å². The molecule has 0 spiro atoms. The van der Waals surface area contributed by atoms with Crippen molar-refractivity contribution in [3.05, 3.63) is 89.9 Å². The molecular weight excluding hydrogens is 473 g/mol. The second-order valence-corrected chi connectivity index (χ2v) is 8.43. The standard InChI is InChI=1S/C28H28FN5O3/c1-3-37-22-8-10-25(29)24(15-22)26(34-21-7-9-23-19(14-21)11-12-31-27(23)30)28(36)32-16-18-5-4-6-20(13-18)33-17(2)35/h4-15,26,34H,3,16H2,1-2H3,(H2,30,31)(H,32,36)(H,33,35). The van der Waals surface area contributed by atoms with E-state index in [9.17, 15) is 9.59 Å². The van der Waals surface area contributed by atoms with Crippen LogP contribution in [0.1, 0.15) is 31.0 Å². The molecule has 1 heterocycles. The topological polar surface area (TPSA) is 118 Å². The van der Waals surface area contributed by atoms with E-state index in [1.807, 2.05) is 25.1 Å². The number of ether oxygens (including phenoxy) is 1. The van der Waals surface area contributed by atoms with Gasteiger partial charge in [0.2, 0.25) is 11.8 Å². The van der Waals surface area contributed by atoms with Crippen molar-refractivity contribution in [3.63, 3.8) is 0 Å². The predicted octanol–water partition coefficient (Wildman–Crippen LogP) is 4.78. The lowest BCUT2D eigenvalue weighted by Crippen LogP contribution is -2.33. The lowest BCUT2D eigenvalue weighted by atomic mass is 10.0. The van der Waals surface area contributed by atoms with Crippen LogP contribution in [0.15, 0.2) is 72.9 Å². The van der Waals surface area contributed by atoms with E-state index >= 15 is 4.39 Å². The molecular formula is C28H28FN5O3. The summed E-state index contributed by atoms with van der Waals surface area (Å²) in [4.78, 5) is 28.9. The summed E-state index contributed by atoms with van der Waals surface area (Å²) in [6.07, 6.45) is 1.60. The van der Waals surface area contributed by atoms with Crippen molar-refractivity contribution in [3.8, 4) is 5.75 Å². The molecule has 2 amide bonds. The SMILES string of the molecule is CCOc1ccc(F)c(C(Nc2ccc3c(N)nccc3c2)C(=O)NCc2cccc(NC(C)=O)c2)c1. The fourth-order valence-corrected chi connectivity index (χ4v) is 4.00. The highest BCUT2D eigenvalue weighted by Gasteiger charge is 2.25. The predicted molar refractivity (Wildman–Crippen MR) is 143 cm³/mol. The zero-order valence-electron chi connectivity index (χ0n) is 20.5. The molecule has 0 bridgehead atoms. The number of nitrogens with two attached hydrogens (primary N) is 1. The minimum atomic E-state index is -1.06. The Kier molecular flexibility index (Phi) is 7.83. The second kappa shape index (κ2) is 11.4. The van der Waals surface area contributed by atoms with Crippen molar-refractivity contribution >= 4 is 39.8 Å². The summed E-state index contributed by atoms with van der Waals surface area (Å²) in [5.41, 5.74) is 8.10. The van der Waals surface area contributed by atoms with Gasteiger partial charge in [0.15, 0.2) is 0 Å². The average Bonchev–Trinajstić information content (AvgIpc) is 2.87. The number of carbonyl (C=O) groups excluding carboxylic acids is 2. The third-order valence-electron chi connectivity index (χ3n) is 5.67. The van der Waals surface area contributed by atoms with E-state index in [0.29, 0.717) is 29.5 Å². The Hall–Kier alpha value is -4.66. The van der Waals surface area contributed by atoms with Crippen molar-refractivity contribution in [2.75, 3.05) is 23.0 Å². The molecule has 1 aromatic heterocycles. The molecule has 0 saturated heterocycles. The Morgan fingerprint density at radius 2 is 1.89 bits per heavy atom. The van der Waals surface area contributed by atoms with Crippen LogP contribution < -0.4 is 26.4 Å². The molecule has 9 heteroatoms. The number of anilines is 3. The molecule has 0 aliphatic carbocycles. The number of nitrogens with zero attached hydrogens (tertiary/aromatic N) is 1. The van der Waals surface area contributed by atoms with Crippen molar-refractivity contribution in [1.82, 2.24) is 10.3 Å². The molecule has 1 atom stereocenters. The Bertz CT molecular complexity index is 1440. The molecule has 0 fully saturated rings. The zero-order valence-corrected chi connectivity index (χ0v) is 20.5.